The smallest absolute Gasteiger partial charge is 0.144 e. The summed E-state index contributed by atoms with van der Waals surface area (Å²) >= 11 is 1.88. The topological polar surface area (TPSA) is 63.4 Å². The van der Waals surface area contributed by atoms with E-state index in [2.05, 4.69) is 35.5 Å². The van der Waals surface area contributed by atoms with E-state index in [0.717, 1.165) is 46.1 Å². The Bertz CT molecular complexity index is 603. The van der Waals surface area contributed by atoms with Gasteiger partial charge < -0.3 is 15.1 Å². The maximum absolute atomic E-state index is 5.60. The van der Waals surface area contributed by atoms with Crippen LogP contribution in [0.5, 0.6) is 5.75 Å². The van der Waals surface area contributed by atoms with Crippen LogP contribution in [0.2, 0.25) is 0 Å². The minimum atomic E-state index is 0.730. The minimum absolute atomic E-state index is 0.730. The van der Waals surface area contributed by atoms with Gasteiger partial charge >= 0.3 is 0 Å². The first kappa shape index (κ1) is 15.9. The van der Waals surface area contributed by atoms with Crippen LogP contribution in [0.15, 0.2) is 24.3 Å². The van der Waals surface area contributed by atoms with Crippen LogP contribution in [0.25, 0.3) is 10.9 Å². The zero-order valence-corrected chi connectivity index (χ0v) is 13.5. The molecule has 0 amide bonds. The summed E-state index contributed by atoms with van der Waals surface area (Å²) in [6.07, 6.45) is 0. The second kappa shape index (κ2) is 7.49. The highest BCUT2D eigenvalue weighted by Crippen LogP contribution is 2.26. The monoisotopic (exact) mass is 306 g/mol. The van der Waals surface area contributed by atoms with Crippen molar-refractivity contribution >= 4 is 28.5 Å². The van der Waals surface area contributed by atoms with Crippen LogP contribution in [0, 0.1) is 0 Å². The van der Waals surface area contributed by atoms with E-state index in [4.69, 9.17) is 10.6 Å². The maximum Gasteiger partial charge on any atom is 0.144 e. The molecule has 0 aliphatic heterocycles. The van der Waals surface area contributed by atoms with Crippen molar-refractivity contribution < 1.29 is 4.74 Å². The van der Waals surface area contributed by atoms with Crippen molar-refractivity contribution in [2.24, 2.45) is 5.84 Å². The van der Waals surface area contributed by atoms with Crippen molar-refractivity contribution in [3.63, 3.8) is 0 Å². The van der Waals surface area contributed by atoms with Gasteiger partial charge in [-0.2, -0.15) is 11.8 Å². The Labute approximate surface area is 129 Å². The molecule has 5 nitrogen and oxygen atoms in total. The molecule has 0 atom stereocenters. The molecule has 0 fully saturated rings. The molecule has 0 radical (unpaired) electrons. The van der Waals surface area contributed by atoms with E-state index >= 15 is 0 Å². The van der Waals surface area contributed by atoms with E-state index in [1.165, 1.54) is 0 Å². The molecule has 21 heavy (non-hydrogen) atoms. The van der Waals surface area contributed by atoms with Gasteiger partial charge in [-0.05, 0) is 32.3 Å². The van der Waals surface area contributed by atoms with Crippen LogP contribution in [-0.2, 0) is 5.75 Å². The molecule has 6 heteroatoms. The first-order chi connectivity index (χ1) is 10.1. The van der Waals surface area contributed by atoms with Gasteiger partial charge in [-0.3, -0.25) is 0 Å². The zero-order valence-electron chi connectivity index (χ0n) is 12.7. The number of nitrogens with one attached hydrogen (secondary N) is 1. The number of nitrogens with two attached hydrogens (primary N) is 1. The van der Waals surface area contributed by atoms with Gasteiger partial charge in [0.15, 0.2) is 0 Å². The van der Waals surface area contributed by atoms with Crippen LogP contribution >= 0.6 is 11.8 Å². The number of ether oxygens (including phenoxy) is 1. The van der Waals surface area contributed by atoms with E-state index in [9.17, 15) is 0 Å². The van der Waals surface area contributed by atoms with Gasteiger partial charge in [0.2, 0.25) is 0 Å². The molecule has 114 valence electrons. The molecule has 2 rings (SSSR count). The van der Waals surface area contributed by atoms with Gasteiger partial charge in [-0.1, -0.05) is 0 Å². The van der Waals surface area contributed by atoms with E-state index in [1.807, 2.05) is 30.0 Å². The second-order valence-corrected chi connectivity index (χ2v) is 6.16. The Kier molecular flexibility index (Phi) is 5.67. The lowest BCUT2D eigenvalue weighted by Crippen LogP contribution is -2.15. The number of hydrogen-bond donors (Lipinski definition) is 2. The Balaban J connectivity index is 2.18. The van der Waals surface area contributed by atoms with Crippen molar-refractivity contribution in [3.05, 3.63) is 29.8 Å². The normalized spacial score (nSPS) is 11.1. The Morgan fingerprint density at radius 2 is 2.14 bits per heavy atom. The molecule has 0 saturated carbocycles. The number of thioether (sulfide) groups is 1. The molecule has 0 saturated heterocycles. The van der Waals surface area contributed by atoms with Crippen molar-refractivity contribution in [3.8, 4) is 5.75 Å². The van der Waals surface area contributed by atoms with Gasteiger partial charge in [0.1, 0.15) is 11.6 Å². The van der Waals surface area contributed by atoms with Gasteiger partial charge in [0.25, 0.3) is 0 Å². The van der Waals surface area contributed by atoms with Crippen LogP contribution in [0.4, 0.5) is 5.82 Å². The van der Waals surface area contributed by atoms with Crippen LogP contribution < -0.4 is 16.0 Å². The molecule has 3 N–H and O–H groups in total. The first-order valence-electron chi connectivity index (χ1n) is 6.81. The lowest BCUT2D eigenvalue weighted by atomic mass is 10.1. The Morgan fingerprint density at radius 1 is 1.33 bits per heavy atom. The predicted octanol–water partition coefficient (Wildman–Crippen LogP) is 2.32. The van der Waals surface area contributed by atoms with Crippen molar-refractivity contribution in [1.29, 1.82) is 0 Å². The van der Waals surface area contributed by atoms with Crippen molar-refractivity contribution in [2.45, 2.75) is 5.75 Å². The van der Waals surface area contributed by atoms with Gasteiger partial charge in [0, 0.05) is 35.1 Å². The molecule has 0 aliphatic carbocycles. The minimum Gasteiger partial charge on any atom is -0.497 e. The van der Waals surface area contributed by atoms with E-state index < -0.39 is 0 Å². The summed E-state index contributed by atoms with van der Waals surface area (Å²) in [6, 6.07) is 8.02. The Hall–Kier alpha value is -1.50. The molecule has 1 aromatic heterocycles. The second-order valence-electron chi connectivity index (χ2n) is 5.05. The predicted molar refractivity (Wildman–Crippen MR) is 90.8 cm³/mol. The number of anilines is 1. The summed E-state index contributed by atoms with van der Waals surface area (Å²) in [6.45, 7) is 1.06. The third-order valence-corrected chi connectivity index (χ3v) is 4.17. The lowest BCUT2D eigenvalue weighted by Gasteiger charge is -2.12. The van der Waals surface area contributed by atoms with Crippen LogP contribution in [-0.4, -0.2) is 43.4 Å². The summed E-state index contributed by atoms with van der Waals surface area (Å²) < 4.78 is 5.23. The number of pyridine rings is 1. The average Bonchev–Trinajstić information content (AvgIpc) is 2.49. The van der Waals surface area contributed by atoms with E-state index in [0.29, 0.717) is 0 Å². The summed E-state index contributed by atoms with van der Waals surface area (Å²) in [5, 5.41) is 1.10. The number of methoxy groups -OCH3 is 1. The fraction of sp³-hybridized carbons (Fsp3) is 0.400. The number of nitrogen functional groups attached to an aromatic ring is 1. The molecular weight excluding hydrogens is 284 g/mol. The summed E-state index contributed by atoms with van der Waals surface area (Å²) in [4.78, 5) is 6.76. The molecule has 0 spiro atoms. The third kappa shape index (κ3) is 4.23. The van der Waals surface area contributed by atoms with Gasteiger partial charge in [-0.25, -0.2) is 10.8 Å². The number of fused-ring (bicyclic) bond motifs is 1. The maximum atomic E-state index is 5.60. The highest BCUT2D eigenvalue weighted by molar-refractivity contribution is 7.98. The van der Waals surface area contributed by atoms with Crippen LogP contribution in [0.1, 0.15) is 5.56 Å². The quantitative estimate of drug-likeness (QED) is 0.465. The number of benzene rings is 1. The summed E-state index contributed by atoms with van der Waals surface area (Å²) in [5.74, 6) is 9.10. The fourth-order valence-corrected chi connectivity index (χ4v) is 3.06. The molecule has 0 unspecified atom stereocenters. The van der Waals surface area contributed by atoms with Crippen molar-refractivity contribution in [2.75, 3.05) is 38.9 Å². The van der Waals surface area contributed by atoms with Gasteiger partial charge in [0.05, 0.1) is 12.6 Å². The number of rotatable bonds is 7. The molecule has 0 aliphatic rings. The third-order valence-electron chi connectivity index (χ3n) is 3.18. The summed E-state index contributed by atoms with van der Waals surface area (Å²) in [7, 11) is 5.82. The molecule has 1 heterocycles. The average molecular weight is 306 g/mol. The summed E-state index contributed by atoms with van der Waals surface area (Å²) in [5.41, 5.74) is 4.70. The number of nitrogens with zero attached hydrogens (tertiary/aromatic N) is 2. The largest absolute Gasteiger partial charge is 0.497 e. The van der Waals surface area contributed by atoms with E-state index in [1.54, 1.807) is 7.11 Å². The highest BCUT2D eigenvalue weighted by atomic mass is 32.2. The zero-order chi connectivity index (χ0) is 15.2. The molecule has 0 bridgehead atoms. The molecule has 1 aromatic carbocycles. The van der Waals surface area contributed by atoms with Crippen LogP contribution in [0.3, 0.4) is 0 Å². The number of hydrogen-bond acceptors (Lipinski definition) is 6. The molecular formula is C15H22N4OS. The fourth-order valence-electron chi connectivity index (χ4n) is 1.98. The first-order valence-corrected chi connectivity index (χ1v) is 7.96. The molecule has 2 aromatic rings. The van der Waals surface area contributed by atoms with E-state index in [-0.39, 0.29) is 0 Å². The van der Waals surface area contributed by atoms with Gasteiger partial charge in [-0.15, -0.1) is 0 Å². The number of hydrazine groups is 1. The highest BCUT2D eigenvalue weighted by Gasteiger charge is 2.07. The van der Waals surface area contributed by atoms with Crippen molar-refractivity contribution in [1.82, 2.24) is 9.88 Å². The number of aromatic nitrogens is 1. The Morgan fingerprint density at radius 3 is 2.81 bits per heavy atom. The standard InChI is InChI=1S/C15H22N4OS/c1-19(2)6-7-21-10-12-8-11-4-5-13(20-3)9-14(11)17-15(12)18-16/h4-5,8-9H,6-7,10,16H2,1-3H3,(H,17,18). The lowest BCUT2D eigenvalue weighted by molar-refractivity contribution is 0.415. The SMILES string of the molecule is COc1ccc2cc(CSCCN(C)C)c(NN)nc2c1.